The molecule has 6 rings (SSSR count). The second kappa shape index (κ2) is 9.72. The Bertz CT molecular complexity index is 1220. The number of fused-ring (bicyclic) bond motifs is 5. The van der Waals surface area contributed by atoms with Crippen LogP contribution in [0.1, 0.15) is 76.7 Å². The first kappa shape index (κ1) is 27.0. The Morgan fingerprint density at radius 2 is 1.90 bits per heavy atom. The molecule has 2 heterocycles. The van der Waals surface area contributed by atoms with Crippen LogP contribution in [0.2, 0.25) is 0 Å². The molecule has 4 unspecified atom stereocenters. The lowest BCUT2D eigenvalue weighted by Crippen LogP contribution is -2.60. The minimum atomic E-state index is -1.30. The van der Waals surface area contributed by atoms with Crippen LogP contribution in [-0.4, -0.2) is 58.2 Å². The van der Waals surface area contributed by atoms with Gasteiger partial charge in [-0.3, -0.25) is 0 Å². The molecule has 0 bridgehead atoms. The Morgan fingerprint density at radius 1 is 1.08 bits per heavy atom. The van der Waals surface area contributed by atoms with Crippen LogP contribution >= 0.6 is 0 Å². The van der Waals surface area contributed by atoms with Crippen LogP contribution in [0.4, 0.5) is 0 Å². The molecule has 0 spiro atoms. The van der Waals surface area contributed by atoms with E-state index in [-0.39, 0.29) is 41.0 Å². The Morgan fingerprint density at radius 3 is 2.64 bits per heavy atom. The zero-order chi connectivity index (χ0) is 27.6. The first-order valence-electron chi connectivity index (χ1n) is 14.3. The molecule has 0 radical (unpaired) electrons. The monoisotopic (exact) mass is 541 g/mol. The lowest BCUT2D eigenvalue weighted by Gasteiger charge is -2.62. The highest BCUT2D eigenvalue weighted by atomic mass is 16.7. The van der Waals surface area contributed by atoms with Crippen molar-refractivity contribution in [3.63, 3.8) is 0 Å². The van der Waals surface area contributed by atoms with Crippen molar-refractivity contribution in [2.45, 2.75) is 107 Å². The molecule has 1 saturated heterocycles. The summed E-state index contributed by atoms with van der Waals surface area (Å²) in [5, 5.41) is 36.7. The number of nitrogens with zero attached hydrogens (tertiary/aromatic N) is 3. The van der Waals surface area contributed by atoms with Crippen molar-refractivity contribution in [1.82, 2.24) is 0 Å². The van der Waals surface area contributed by atoms with Crippen LogP contribution in [0.15, 0.2) is 44.4 Å². The highest BCUT2D eigenvalue weighted by Gasteiger charge is 2.66. The number of hydrogen-bond acceptors (Lipinski definition) is 8. The first-order valence-corrected chi connectivity index (χ1v) is 14.3. The number of allylic oxidation sites excluding steroid dienone is 1. The summed E-state index contributed by atoms with van der Waals surface area (Å²) >= 11 is 0. The summed E-state index contributed by atoms with van der Waals surface area (Å²) < 4.78 is 16.9. The number of rotatable bonds is 4. The molecule has 1 aliphatic heterocycles. The van der Waals surface area contributed by atoms with E-state index in [0.717, 1.165) is 56.9 Å². The summed E-state index contributed by atoms with van der Waals surface area (Å²) in [5.41, 5.74) is 9.61. The minimum Gasteiger partial charge on any atom is -0.431 e. The zero-order valence-electron chi connectivity index (χ0n) is 22.6. The topological polar surface area (TPSA) is 158 Å². The van der Waals surface area contributed by atoms with Gasteiger partial charge in [0.2, 0.25) is 0 Å². The molecule has 10 nitrogen and oxygen atoms in total. The number of ether oxygens (including phenoxy) is 2. The SMILES string of the molecule is C[C@]12CC[C@H](OC3OCC(N=[N+]=[N-])[C@@H](O)[C@@H]3O)C=C1CCC1C2CC[C@]2(C)[C@@H](c3ccc(=O)oc3)CC[C@]12O. The van der Waals surface area contributed by atoms with Crippen molar-refractivity contribution in [3.8, 4) is 0 Å². The van der Waals surface area contributed by atoms with Crippen LogP contribution in [0.25, 0.3) is 10.4 Å². The summed E-state index contributed by atoms with van der Waals surface area (Å²) in [6, 6.07) is 2.51. The lowest BCUT2D eigenvalue weighted by atomic mass is 9.45. The van der Waals surface area contributed by atoms with Gasteiger partial charge in [-0.25, -0.2) is 4.79 Å². The Hall–Kier alpha value is -2.20. The summed E-state index contributed by atoms with van der Waals surface area (Å²) in [6.45, 7) is 4.57. The maximum Gasteiger partial charge on any atom is 0.335 e. The molecule has 4 fully saturated rings. The average Bonchev–Trinajstić information content (AvgIpc) is 3.20. The second-order valence-corrected chi connectivity index (χ2v) is 12.9. The van der Waals surface area contributed by atoms with Gasteiger partial charge in [-0.2, -0.15) is 0 Å². The van der Waals surface area contributed by atoms with Crippen LogP contribution in [0, 0.1) is 22.7 Å². The van der Waals surface area contributed by atoms with Crippen molar-refractivity contribution >= 4 is 0 Å². The molecule has 1 aromatic rings. The van der Waals surface area contributed by atoms with E-state index < -0.39 is 30.1 Å². The molecule has 0 amide bonds. The minimum absolute atomic E-state index is 0.00874. The fourth-order valence-electron chi connectivity index (χ4n) is 9.11. The molecule has 11 atom stereocenters. The molecule has 10 heteroatoms. The van der Waals surface area contributed by atoms with Gasteiger partial charge < -0.3 is 29.2 Å². The Balaban J connectivity index is 1.19. The molecular weight excluding hydrogens is 502 g/mol. The highest BCUT2D eigenvalue weighted by Crippen LogP contribution is 2.70. The van der Waals surface area contributed by atoms with Crippen LogP contribution < -0.4 is 5.63 Å². The number of hydrogen-bond donors (Lipinski definition) is 3. The standard InChI is InChI=1S/C29H39N3O7/c1-27-10-7-18(39-26-25(35)24(34)22(15-38-26)31-32-30)13-17(27)4-5-21-20(27)8-11-28(2)19(9-12-29(21,28)36)16-3-6-23(33)37-14-16/h3,6,13-14,18-22,24-26,34-36H,4-5,7-12,15H2,1-2H3/t18-,19+,20?,21?,22?,24+,25-,26?,27-,28+,29-/m0/s1. The first-order chi connectivity index (χ1) is 18.6. The predicted octanol–water partition coefficient (Wildman–Crippen LogP) is 3.94. The van der Waals surface area contributed by atoms with Crippen LogP contribution in [0.3, 0.4) is 0 Å². The summed E-state index contributed by atoms with van der Waals surface area (Å²) in [4.78, 5) is 14.3. The van der Waals surface area contributed by atoms with Gasteiger partial charge in [-0.05, 0) is 91.7 Å². The molecule has 1 aromatic heterocycles. The maximum absolute atomic E-state index is 12.4. The van der Waals surface area contributed by atoms with Gasteiger partial charge in [0.1, 0.15) is 6.10 Å². The summed E-state index contributed by atoms with van der Waals surface area (Å²) in [7, 11) is 0. The zero-order valence-corrected chi connectivity index (χ0v) is 22.6. The molecule has 0 aromatic carbocycles. The van der Waals surface area contributed by atoms with Gasteiger partial charge in [-0.1, -0.05) is 30.6 Å². The van der Waals surface area contributed by atoms with Gasteiger partial charge in [0, 0.05) is 16.4 Å². The summed E-state index contributed by atoms with van der Waals surface area (Å²) in [6.07, 6.45) is 7.07. The van der Waals surface area contributed by atoms with Crippen molar-refractivity contribution in [3.05, 3.63) is 56.5 Å². The van der Waals surface area contributed by atoms with Crippen molar-refractivity contribution < 1.29 is 29.2 Å². The van der Waals surface area contributed by atoms with Gasteiger partial charge in [-0.15, -0.1) is 0 Å². The van der Waals surface area contributed by atoms with Gasteiger partial charge >= 0.3 is 5.63 Å². The predicted molar refractivity (Wildman–Crippen MR) is 140 cm³/mol. The van der Waals surface area contributed by atoms with Crippen molar-refractivity contribution in [2.24, 2.45) is 27.8 Å². The fourth-order valence-corrected chi connectivity index (χ4v) is 9.11. The van der Waals surface area contributed by atoms with E-state index in [4.69, 9.17) is 19.4 Å². The highest BCUT2D eigenvalue weighted by molar-refractivity contribution is 5.31. The van der Waals surface area contributed by atoms with E-state index >= 15 is 0 Å². The summed E-state index contributed by atoms with van der Waals surface area (Å²) in [5.74, 6) is 0.734. The van der Waals surface area contributed by atoms with Crippen molar-refractivity contribution in [2.75, 3.05) is 6.61 Å². The molecule has 3 saturated carbocycles. The molecule has 212 valence electrons. The molecule has 39 heavy (non-hydrogen) atoms. The Kier molecular flexibility index (Phi) is 6.72. The number of aliphatic hydroxyl groups is 3. The molecule has 5 aliphatic rings. The van der Waals surface area contributed by atoms with Crippen LogP contribution in [-0.2, 0) is 9.47 Å². The molecule has 4 aliphatic carbocycles. The Labute approximate surface area is 227 Å². The number of azide groups is 1. The van der Waals surface area contributed by atoms with Gasteiger partial charge in [0.25, 0.3) is 0 Å². The van der Waals surface area contributed by atoms with Crippen LogP contribution in [0.5, 0.6) is 0 Å². The van der Waals surface area contributed by atoms with Crippen molar-refractivity contribution in [1.29, 1.82) is 0 Å². The fraction of sp³-hybridized carbons (Fsp3) is 0.759. The third-order valence-corrected chi connectivity index (χ3v) is 11.3. The van der Waals surface area contributed by atoms with E-state index in [1.807, 2.05) is 6.07 Å². The third-order valence-electron chi connectivity index (χ3n) is 11.3. The molecule has 3 N–H and O–H groups in total. The van der Waals surface area contributed by atoms with E-state index in [9.17, 15) is 20.1 Å². The van der Waals surface area contributed by atoms with E-state index in [0.29, 0.717) is 5.92 Å². The lowest BCUT2D eigenvalue weighted by molar-refractivity contribution is -0.259. The molecular formula is C29H39N3O7. The smallest absolute Gasteiger partial charge is 0.335 e. The van der Waals surface area contributed by atoms with E-state index in [1.54, 1.807) is 6.26 Å². The quantitative estimate of drug-likeness (QED) is 0.225. The average molecular weight is 542 g/mol. The van der Waals surface area contributed by atoms with Gasteiger partial charge in [0.15, 0.2) is 6.29 Å². The normalized spacial score (nSPS) is 47.3. The third kappa shape index (κ3) is 4.11. The maximum atomic E-state index is 12.4. The van der Waals surface area contributed by atoms with E-state index in [1.165, 1.54) is 11.6 Å². The largest absolute Gasteiger partial charge is 0.431 e. The second-order valence-electron chi connectivity index (χ2n) is 12.9. The van der Waals surface area contributed by atoms with Gasteiger partial charge in [0.05, 0.1) is 36.7 Å². The number of aliphatic hydroxyl groups excluding tert-OH is 2. The van der Waals surface area contributed by atoms with E-state index in [2.05, 4.69) is 29.9 Å².